The van der Waals surface area contributed by atoms with Gasteiger partial charge in [0.25, 0.3) is 5.82 Å². The fourth-order valence-electron chi connectivity index (χ4n) is 3.02. The normalized spacial score (nSPS) is 18.8. The Morgan fingerprint density at radius 3 is 2.63 bits per heavy atom. The third kappa shape index (κ3) is 1.59. The first-order valence-corrected chi connectivity index (χ1v) is 6.58. The first-order chi connectivity index (χ1) is 10.1. The quantitative estimate of drug-likeness (QED) is 0.691. The van der Waals surface area contributed by atoms with Crippen LogP contribution < -0.4 is 4.57 Å². The van der Waals surface area contributed by atoms with E-state index in [4.69, 9.17) is 4.11 Å². The van der Waals surface area contributed by atoms with Gasteiger partial charge in [-0.1, -0.05) is 18.2 Å². The molecule has 3 rings (SSSR count). The maximum atomic E-state index is 8.00. The molecule has 1 aromatic heterocycles. The average molecular weight is 256 g/mol. The summed E-state index contributed by atoms with van der Waals surface area (Å²) >= 11 is 0. The number of para-hydroxylation sites is 1. The number of nitrogens with zero attached hydrogens (tertiary/aromatic N) is 2. The van der Waals surface area contributed by atoms with E-state index in [1.807, 2.05) is 53.4 Å². The average Bonchev–Trinajstić information content (AvgIpc) is 2.86. The standard InChI is InChI=1S/C17H21N2/c1-12-8-6-7-9-15(12)19-13(2)16-17(4,5)10-11-18(16)14(19)3/h6-11H,1-5H3/q+1/i3D3. The number of hydrogen-bond donors (Lipinski definition) is 0. The maximum absolute atomic E-state index is 8.00. The molecule has 0 atom stereocenters. The van der Waals surface area contributed by atoms with Gasteiger partial charge in [0.2, 0.25) is 0 Å². The Balaban J connectivity index is 2.42. The van der Waals surface area contributed by atoms with Crippen LogP contribution in [-0.4, -0.2) is 4.57 Å². The van der Waals surface area contributed by atoms with Crippen LogP contribution >= 0.6 is 0 Å². The Morgan fingerprint density at radius 1 is 1.21 bits per heavy atom. The van der Waals surface area contributed by atoms with E-state index >= 15 is 0 Å². The summed E-state index contributed by atoms with van der Waals surface area (Å²) in [6, 6.07) is 7.90. The smallest absolute Gasteiger partial charge is 0.203 e. The SMILES string of the molecule is [2H]C([2H])([2H])c1n(-c2ccccc2C)c(C)c2[n+]1C=CC2(C)C. The second-order valence-electron chi connectivity index (χ2n) is 5.79. The van der Waals surface area contributed by atoms with E-state index < -0.39 is 6.85 Å². The molecule has 0 spiro atoms. The highest BCUT2D eigenvalue weighted by atomic mass is 15.2. The topological polar surface area (TPSA) is 8.81 Å². The Hall–Kier alpha value is -1.83. The molecule has 1 aliphatic rings. The van der Waals surface area contributed by atoms with Gasteiger partial charge in [0.05, 0.1) is 11.6 Å². The monoisotopic (exact) mass is 256 g/mol. The summed E-state index contributed by atoms with van der Waals surface area (Å²) in [6.07, 6.45) is 3.95. The van der Waals surface area contributed by atoms with E-state index in [2.05, 4.69) is 19.9 Å². The summed E-state index contributed by atoms with van der Waals surface area (Å²) in [5, 5.41) is 0. The summed E-state index contributed by atoms with van der Waals surface area (Å²) in [5.74, 6) is 0.344. The lowest BCUT2D eigenvalue weighted by molar-refractivity contribution is -0.580. The largest absolute Gasteiger partial charge is 0.263 e. The van der Waals surface area contributed by atoms with E-state index in [1.165, 1.54) is 0 Å². The van der Waals surface area contributed by atoms with Crippen molar-refractivity contribution in [3.05, 3.63) is 53.1 Å². The third-order valence-corrected chi connectivity index (χ3v) is 3.97. The lowest BCUT2D eigenvalue weighted by atomic mass is 9.90. The van der Waals surface area contributed by atoms with Crippen LogP contribution in [0.3, 0.4) is 0 Å². The molecule has 19 heavy (non-hydrogen) atoms. The van der Waals surface area contributed by atoms with Crippen molar-refractivity contribution in [2.75, 3.05) is 0 Å². The van der Waals surface area contributed by atoms with Gasteiger partial charge in [0.15, 0.2) is 5.69 Å². The third-order valence-electron chi connectivity index (χ3n) is 3.97. The Bertz CT molecular complexity index is 780. The number of imidazole rings is 1. The van der Waals surface area contributed by atoms with Gasteiger partial charge in [-0.2, -0.15) is 4.57 Å². The van der Waals surface area contributed by atoms with Crippen molar-refractivity contribution in [3.63, 3.8) is 0 Å². The highest BCUT2D eigenvalue weighted by molar-refractivity contribution is 5.45. The molecule has 0 bridgehead atoms. The van der Waals surface area contributed by atoms with Gasteiger partial charge >= 0.3 is 0 Å². The van der Waals surface area contributed by atoms with Gasteiger partial charge in [-0.05, 0) is 38.5 Å². The minimum absolute atomic E-state index is 0.169. The number of rotatable bonds is 1. The van der Waals surface area contributed by atoms with Gasteiger partial charge in [-0.3, -0.25) is 0 Å². The summed E-state index contributed by atoms with van der Waals surface area (Å²) in [7, 11) is 0. The van der Waals surface area contributed by atoms with Crippen LogP contribution in [-0.2, 0) is 5.41 Å². The second-order valence-corrected chi connectivity index (χ2v) is 5.79. The zero-order valence-corrected chi connectivity index (χ0v) is 11.9. The lowest BCUT2D eigenvalue weighted by Crippen LogP contribution is -2.33. The molecule has 0 radical (unpaired) electrons. The molecule has 0 unspecified atom stereocenters. The molecular weight excluding hydrogens is 232 g/mol. The molecule has 1 aromatic carbocycles. The molecule has 0 saturated carbocycles. The highest BCUT2D eigenvalue weighted by Crippen LogP contribution is 2.32. The second kappa shape index (κ2) is 3.83. The van der Waals surface area contributed by atoms with E-state index in [-0.39, 0.29) is 5.41 Å². The first kappa shape index (κ1) is 9.13. The molecule has 2 aromatic rings. The highest BCUT2D eigenvalue weighted by Gasteiger charge is 2.38. The molecule has 0 N–H and O–H groups in total. The van der Waals surface area contributed by atoms with Crippen molar-refractivity contribution in [2.24, 2.45) is 0 Å². The van der Waals surface area contributed by atoms with E-state index in [9.17, 15) is 0 Å². The predicted molar refractivity (Wildman–Crippen MR) is 78.5 cm³/mol. The minimum Gasteiger partial charge on any atom is -0.203 e. The zero-order chi connectivity index (χ0) is 16.3. The van der Waals surface area contributed by atoms with Gasteiger partial charge < -0.3 is 0 Å². The lowest BCUT2D eigenvalue weighted by Gasteiger charge is -2.12. The Labute approximate surface area is 119 Å². The van der Waals surface area contributed by atoms with Crippen molar-refractivity contribution in [2.45, 2.75) is 40.0 Å². The number of benzene rings is 1. The number of hydrogen-bond acceptors (Lipinski definition) is 0. The van der Waals surface area contributed by atoms with Crippen LogP contribution in [0.4, 0.5) is 0 Å². The summed E-state index contributed by atoms with van der Waals surface area (Å²) in [6.45, 7) is 6.05. The van der Waals surface area contributed by atoms with Crippen LogP contribution in [0.2, 0.25) is 0 Å². The molecule has 0 amide bonds. The summed E-state index contributed by atoms with van der Waals surface area (Å²) in [5.41, 5.74) is 3.85. The number of aromatic nitrogens is 2. The van der Waals surface area contributed by atoms with Gasteiger partial charge in [-0.15, -0.1) is 0 Å². The fraction of sp³-hybridized carbons (Fsp3) is 0.353. The molecular formula is C17H21N2+. The van der Waals surface area contributed by atoms with Crippen LogP contribution in [0.15, 0.2) is 30.3 Å². The van der Waals surface area contributed by atoms with Crippen molar-refractivity contribution in [1.82, 2.24) is 4.57 Å². The van der Waals surface area contributed by atoms with Crippen LogP contribution in [0.5, 0.6) is 0 Å². The van der Waals surface area contributed by atoms with Crippen molar-refractivity contribution < 1.29 is 8.68 Å². The number of allylic oxidation sites excluding steroid dienone is 1. The summed E-state index contributed by atoms with van der Waals surface area (Å²) in [4.78, 5) is 0. The molecule has 0 saturated heterocycles. The fourth-order valence-corrected chi connectivity index (χ4v) is 3.02. The van der Waals surface area contributed by atoms with Gasteiger partial charge in [-0.25, -0.2) is 4.57 Å². The molecule has 2 nitrogen and oxygen atoms in total. The van der Waals surface area contributed by atoms with Crippen LogP contribution in [0, 0.1) is 20.7 Å². The molecule has 2 heterocycles. The minimum atomic E-state index is -2.18. The van der Waals surface area contributed by atoms with Crippen molar-refractivity contribution in [3.8, 4) is 5.69 Å². The maximum Gasteiger partial charge on any atom is 0.263 e. The van der Waals surface area contributed by atoms with E-state index in [0.29, 0.717) is 5.82 Å². The van der Waals surface area contributed by atoms with Gasteiger partial charge in [0, 0.05) is 17.9 Å². The van der Waals surface area contributed by atoms with Crippen molar-refractivity contribution >= 4 is 6.20 Å². The van der Waals surface area contributed by atoms with Crippen LogP contribution in [0.1, 0.15) is 40.7 Å². The van der Waals surface area contributed by atoms with E-state index in [0.717, 1.165) is 22.6 Å². The Kier molecular flexibility index (Phi) is 1.84. The first-order valence-electron chi connectivity index (χ1n) is 8.08. The van der Waals surface area contributed by atoms with Crippen LogP contribution in [0.25, 0.3) is 11.9 Å². The Morgan fingerprint density at radius 2 is 1.95 bits per heavy atom. The van der Waals surface area contributed by atoms with E-state index in [1.54, 1.807) is 0 Å². The number of fused-ring (bicyclic) bond motifs is 1. The molecule has 0 fully saturated rings. The summed E-state index contributed by atoms with van der Waals surface area (Å²) < 4.78 is 27.7. The molecule has 98 valence electrons. The zero-order valence-electron chi connectivity index (χ0n) is 14.9. The number of aryl methyl sites for hydroxylation is 1. The van der Waals surface area contributed by atoms with Crippen molar-refractivity contribution in [1.29, 1.82) is 0 Å². The predicted octanol–water partition coefficient (Wildman–Crippen LogP) is 3.45. The molecule has 1 aliphatic heterocycles. The molecule has 0 aliphatic carbocycles. The van der Waals surface area contributed by atoms with Gasteiger partial charge in [0.1, 0.15) is 11.4 Å². The molecule has 2 heteroatoms.